The topological polar surface area (TPSA) is 29.1 Å². The predicted octanol–water partition coefficient (Wildman–Crippen LogP) is 5.65. The summed E-state index contributed by atoms with van der Waals surface area (Å²) in [6.45, 7) is 4.40. The van der Waals surface area contributed by atoms with Crippen LogP contribution >= 0.6 is 0 Å². The summed E-state index contributed by atoms with van der Waals surface area (Å²) in [4.78, 5) is 13.3. The number of rotatable bonds is 5. The van der Waals surface area contributed by atoms with E-state index in [9.17, 15) is 4.79 Å². The standard InChI is InChI=1S/C22H27NO/c1-3-17(2)19-13-7-8-14-20(19)23-21(24)22(15-9-10-16-22)18-11-5-4-6-12-18/h4-8,11-14,17H,3,9-10,15-16H2,1-2H3,(H,23,24). The first-order valence-corrected chi connectivity index (χ1v) is 9.13. The minimum atomic E-state index is -0.371. The lowest BCUT2D eigenvalue weighted by molar-refractivity contribution is -0.121. The van der Waals surface area contributed by atoms with Gasteiger partial charge in [0.2, 0.25) is 5.91 Å². The van der Waals surface area contributed by atoms with Crippen molar-refractivity contribution in [3.8, 4) is 0 Å². The summed E-state index contributed by atoms with van der Waals surface area (Å²) < 4.78 is 0. The maximum Gasteiger partial charge on any atom is 0.235 e. The highest BCUT2D eigenvalue weighted by Crippen LogP contribution is 2.42. The van der Waals surface area contributed by atoms with E-state index in [2.05, 4.69) is 43.4 Å². The SMILES string of the molecule is CCC(C)c1ccccc1NC(=O)C1(c2ccccc2)CCCC1. The van der Waals surface area contributed by atoms with E-state index in [1.54, 1.807) is 0 Å². The fraction of sp³-hybridized carbons (Fsp3) is 0.409. The molecule has 1 aliphatic carbocycles. The zero-order valence-corrected chi connectivity index (χ0v) is 14.7. The van der Waals surface area contributed by atoms with Gasteiger partial charge in [-0.3, -0.25) is 4.79 Å². The molecule has 0 aliphatic heterocycles. The second kappa shape index (κ2) is 7.21. The van der Waals surface area contributed by atoms with Gasteiger partial charge in [-0.15, -0.1) is 0 Å². The van der Waals surface area contributed by atoms with Gasteiger partial charge < -0.3 is 5.32 Å². The van der Waals surface area contributed by atoms with Gasteiger partial charge in [0.25, 0.3) is 0 Å². The highest BCUT2D eigenvalue weighted by atomic mass is 16.2. The molecule has 24 heavy (non-hydrogen) atoms. The van der Waals surface area contributed by atoms with Crippen molar-refractivity contribution < 1.29 is 4.79 Å². The lowest BCUT2D eigenvalue weighted by atomic mass is 9.78. The fourth-order valence-corrected chi connectivity index (χ4v) is 3.89. The van der Waals surface area contributed by atoms with Crippen LogP contribution in [-0.2, 0) is 10.2 Å². The zero-order valence-electron chi connectivity index (χ0n) is 14.7. The lowest BCUT2D eigenvalue weighted by Crippen LogP contribution is -2.38. The molecule has 0 bridgehead atoms. The van der Waals surface area contributed by atoms with E-state index >= 15 is 0 Å². The van der Waals surface area contributed by atoms with Crippen molar-refractivity contribution in [1.82, 2.24) is 0 Å². The number of anilines is 1. The molecule has 1 N–H and O–H groups in total. The van der Waals surface area contributed by atoms with Gasteiger partial charge in [-0.2, -0.15) is 0 Å². The zero-order chi connectivity index (χ0) is 17.0. The number of para-hydroxylation sites is 1. The van der Waals surface area contributed by atoms with Gasteiger partial charge >= 0.3 is 0 Å². The average Bonchev–Trinajstić information content (AvgIpc) is 3.13. The third-order valence-corrected chi connectivity index (χ3v) is 5.57. The molecule has 1 fully saturated rings. The van der Waals surface area contributed by atoms with Crippen LogP contribution in [0.2, 0.25) is 0 Å². The molecule has 0 radical (unpaired) electrons. The number of hydrogen-bond acceptors (Lipinski definition) is 1. The predicted molar refractivity (Wildman–Crippen MR) is 100 cm³/mol. The summed E-state index contributed by atoms with van der Waals surface area (Å²) in [5, 5.41) is 3.27. The van der Waals surface area contributed by atoms with Gasteiger partial charge in [0, 0.05) is 5.69 Å². The summed E-state index contributed by atoms with van der Waals surface area (Å²) in [5.74, 6) is 0.597. The molecule has 3 rings (SSSR count). The molecule has 2 aromatic rings. The number of hydrogen-bond donors (Lipinski definition) is 1. The first-order chi connectivity index (χ1) is 11.7. The summed E-state index contributed by atoms with van der Waals surface area (Å²) in [6, 6.07) is 18.5. The number of benzene rings is 2. The van der Waals surface area contributed by atoms with E-state index < -0.39 is 0 Å². The number of nitrogens with one attached hydrogen (secondary N) is 1. The van der Waals surface area contributed by atoms with Crippen molar-refractivity contribution >= 4 is 11.6 Å². The Kier molecular flexibility index (Phi) is 5.03. The highest BCUT2D eigenvalue weighted by Gasteiger charge is 2.42. The van der Waals surface area contributed by atoms with Crippen LogP contribution in [0.4, 0.5) is 5.69 Å². The molecule has 126 valence electrons. The van der Waals surface area contributed by atoms with E-state index in [4.69, 9.17) is 0 Å². The smallest absolute Gasteiger partial charge is 0.235 e. The Hall–Kier alpha value is -2.09. The average molecular weight is 321 g/mol. The van der Waals surface area contributed by atoms with Crippen LogP contribution in [0.5, 0.6) is 0 Å². The van der Waals surface area contributed by atoms with E-state index in [-0.39, 0.29) is 11.3 Å². The number of carbonyl (C=O) groups is 1. The first kappa shape index (κ1) is 16.8. The molecule has 1 aliphatic rings. The molecular formula is C22H27NO. The molecule has 2 heteroatoms. The lowest BCUT2D eigenvalue weighted by Gasteiger charge is -2.29. The minimum Gasteiger partial charge on any atom is -0.325 e. The largest absolute Gasteiger partial charge is 0.325 e. The van der Waals surface area contributed by atoms with E-state index in [0.29, 0.717) is 5.92 Å². The normalized spacial score (nSPS) is 17.4. The second-order valence-corrected chi connectivity index (χ2v) is 7.01. The number of carbonyl (C=O) groups excluding carboxylic acids is 1. The fourth-order valence-electron chi connectivity index (χ4n) is 3.89. The highest BCUT2D eigenvalue weighted by molar-refractivity contribution is 6.00. The molecule has 2 aromatic carbocycles. The van der Waals surface area contributed by atoms with Crippen LogP contribution < -0.4 is 5.32 Å². The quantitative estimate of drug-likeness (QED) is 0.757. The summed E-state index contributed by atoms with van der Waals surface area (Å²) in [5.41, 5.74) is 2.98. The Morgan fingerprint density at radius 1 is 1.04 bits per heavy atom. The van der Waals surface area contributed by atoms with Crippen LogP contribution in [0.25, 0.3) is 0 Å². The molecular weight excluding hydrogens is 294 g/mol. The maximum absolute atomic E-state index is 13.3. The van der Waals surface area contributed by atoms with Crippen molar-refractivity contribution in [2.24, 2.45) is 0 Å². The summed E-state index contributed by atoms with van der Waals surface area (Å²) in [7, 11) is 0. The molecule has 1 amide bonds. The third kappa shape index (κ3) is 3.10. The Balaban J connectivity index is 1.91. The van der Waals surface area contributed by atoms with Crippen LogP contribution in [0.15, 0.2) is 54.6 Å². The monoisotopic (exact) mass is 321 g/mol. The van der Waals surface area contributed by atoms with Crippen LogP contribution in [0.3, 0.4) is 0 Å². The van der Waals surface area contributed by atoms with Crippen molar-refractivity contribution in [2.75, 3.05) is 5.32 Å². The molecule has 0 aromatic heterocycles. The Labute approximate surface area is 145 Å². The summed E-state index contributed by atoms with van der Waals surface area (Å²) >= 11 is 0. The molecule has 0 heterocycles. The van der Waals surface area contributed by atoms with Crippen molar-refractivity contribution in [3.63, 3.8) is 0 Å². The van der Waals surface area contributed by atoms with Crippen LogP contribution in [-0.4, -0.2) is 5.91 Å². The molecule has 1 atom stereocenters. The van der Waals surface area contributed by atoms with Crippen molar-refractivity contribution in [3.05, 3.63) is 65.7 Å². The van der Waals surface area contributed by atoms with E-state index in [1.807, 2.05) is 30.3 Å². The van der Waals surface area contributed by atoms with Gasteiger partial charge in [-0.05, 0) is 42.4 Å². The van der Waals surface area contributed by atoms with Gasteiger partial charge in [-0.25, -0.2) is 0 Å². The van der Waals surface area contributed by atoms with Crippen molar-refractivity contribution in [2.45, 2.75) is 57.3 Å². The minimum absolute atomic E-state index is 0.155. The Morgan fingerprint density at radius 2 is 1.67 bits per heavy atom. The van der Waals surface area contributed by atoms with Gasteiger partial charge in [0.1, 0.15) is 0 Å². The summed E-state index contributed by atoms with van der Waals surface area (Å²) in [6.07, 6.45) is 5.18. The van der Waals surface area contributed by atoms with Gasteiger partial charge in [-0.1, -0.05) is 75.2 Å². The van der Waals surface area contributed by atoms with Crippen LogP contribution in [0, 0.1) is 0 Å². The van der Waals surface area contributed by atoms with E-state index in [0.717, 1.165) is 43.4 Å². The molecule has 2 nitrogen and oxygen atoms in total. The molecule has 1 unspecified atom stereocenters. The van der Waals surface area contributed by atoms with Gasteiger partial charge in [0.05, 0.1) is 5.41 Å². The third-order valence-electron chi connectivity index (χ3n) is 5.57. The molecule has 0 saturated heterocycles. The Bertz CT molecular complexity index is 686. The van der Waals surface area contributed by atoms with Gasteiger partial charge in [0.15, 0.2) is 0 Å². The maximum atomic E-state index is 13.3. The molecule has 0 spiro atoms. The Morgan fingerprint density at radius 3 is 2.33 bits per heavy atom. The molecule has 1 saturated carbocycles. The van der Waals surface area contributed by atoms with Crippen molar-refractivity contribution in [1.29, 1.82) is 0 Å². The first-order valence-electron chi connectivity index (χ1n) is 9.13. The van der Waals surface area contributed by atoms with Crippen LogP contribution in [0.1, 0.15) is 63.0 Å². The second-order valence-electron chi connectivity index (χ2n) is 7.01. The number of amides is 1. The van der Waals surface area contributed by atoms with E-state index in [1.165, 1.54) is 5.56 Å².